The molecule has 4 N–H and O–H groups in total. The number of anilines is 2. The van der Waals surface area contributed by atoms with Crippen molar-refractivity contribution in [1.29, 1.82) is 0 Å². The molecule has 0 atom stereocenters. The largest absolute Gasteiger partial charge is 0.508 e. The number of hydrogen-bond acceptors (Lipinski definition) is 4. The maximum Gasteiger partial charge on any atom is 0.263 e. The van der Waals surface area contributed by atoms with Crippen LogP contribution in [0.15, 0.2) is 35.2 Å². The highest BCUT2D eigenvalue weighted by molar-refractivity contribution is 7.92. The number of nitrogens with two attached hydrogens (primary N) is 1. The molecule has 0 saturated carbocycles. The number of nitrogen functional groups attached to an aromatic ring is 1. The Morgan fingerprint density at radius 1 is 1.14 bits per heavy atom. The first kappa shape index (κ1) is 15.5. The Labute approximate surface area is 128 Å². The van der Waals surface area contributed by atoms with E-state index in [1.807, 2.05) is 0 Å². The monoisotopic (exact) mass is 326 g/mol. The molecule has 0 unspecified atom stereocenters. The molecule has 112 valence electrons. The molecule has 21 heavy (non-hydrogen) atoms. The number of rotatable bonds is 3. The van der Waals surface area contributed by atoms with Crippen molar-refractivity contribution in [3.8, 4) is 5.75 Å². The molecule has 0 aromatic heterocycles. The van der Waals surface area contributed by atoms with Crippen LogP contribution in [0.4, 0.5) is 11.4 Å². The molecule has 2 rings (SSSR count). The predicted octanol–water partition coefficient (Wildman–Crippen LogP) is 3.05. The second-order valence-corrected chi connectivity index (χ2v) is 6.80. The number of aryl methyl sites for hydroxylation is 2. The molecule has 0 amide bonds. The smallest absolute Gasteiger partial charge is 0.263 e. The van der Waals surface area contributed by atoms with Gasteiger partial charge in [0.25, 0.3) is 10.0 Å². The number of phenolic OH excluding ortho intramolecular Hbond substituents is 1. The Hall–Kier alpha value is -1.92. The van der Waals surface area contributed by atoms with Crippen LogP contribution >= 0.6 is 11.6 Å². The summed E-state index contributed by atoms with van der Waals surface area (Å²) in [5, 5.41) is 9.71. The first-order chi connectivity index (χ1) is 9.70. The third-order valence-corrected chi connectivity index (χ3v) is 4.92. The van der Waals surface area contributed by atoms with Crippen LogP contribution in [0.2, 0.25) is 5.02 Å². The zero-order valence-electron chi connectivity index (χ0n) is 11.5. The quantitative estimate of drug-likeness (QED) is 0.756. The maximum absolute atomic E-state index is 12.3. The number of halogens is 1. The normalized spacial score (nSPS) is 11.4. The van der Waals surface area contributed by atoms with Gasteiger partial charge in [-0.05, 0) is 43.2 Å². The van der Waals surface area contributed by atoms with E-state index in [0.29, 0.717) is 16.8 Å². The van der Waals surface area contributed by atoms with Gasteiger partial charge in [0.05, 0.1) is 10.7 Å². The summed E-state index contributed by atoms with van der Waals surface area (Å²) in [6.45, 7) is 3.45. The number of aromatic hydroxyl groups is 1. The van der Waals surface area contributed by atoms with Gasteiger partial charge in [-0.1, -0.05) is 17.7 Å². The van der Waals surface area contributed by atoms with E-state index >= 15 is 0 Å². The first-order valence-corrected chi connectivity index (χ1v) is 7.95. The molecular weight excluding hydrogens is 312 g/mol. The number of sulfonamides is 1. The average Bonchev–Trinajstić information content (AvgIpc) is 2.37. The molecule has 0 spiro atoms. The van der Waals surface area contributed by atoms with E-state index in [-0.39, 0.29) is 21.4 Å². The molecule has 0 saturated heterocycles. The summed E-state index contributed by atoms with van der Waals surface area (Å²) in [7, 11) is -3.89. The number of nitrogens with one attached hydrogen (secondary N) is 1. The average molecular weight is 327 g/mol. The highest BCUT2D eigenvalue weighted by Gasteiger charge is 2.19. The summed E-state index contributed by atoms with van der Waals surface area (Å²) in [4.78, 5) is -0.104. The molecule has 2 aromatic carbocycles. The summed E-state index contributed by atoms with van der Waals surface area (Å²) in [5.74, 6) is 0.00437. The highest BCUT2D eigenvalue weighted by atomic mass is 35.5. The van der Waals surface area contributed by atoms with Crippen LogP contribution in [0.1, 0.15) is 11.1 Å². The zero-order chi connectivity index (χ0) is 15.8. The van der Waals surface area contributed by atoms with Crippen LogP contribution in [0.25, 0.3) is 0 Å². The van der Waals surface area contributed by atoms with Crippen molar-refractivity contribution in [2.75, 3.05) is 10.5 Å². The van der Waals surface area contributed by atoms with Crippen LogP contribution in [-0.2, 0) is 10.0 Å². The van der Waals surface area contributed by atoms with Crippen LogP contribution in [0.3, 0.4) is 0 Å². The minimum absolute atomic E-state index is 0.00437. The van der Waals surface area contributed by atoms with Crippen LogP contribution < -0.4 is 10.5 Å². The lowest BCUT2D eigenvalue weighted by Crippen LogP contribution is -2.14. The zero-order valence-corrected chi connectivity index (χ0v) is 13.1. The van der Waals surface area contributed by atoms with E-state index in [2.05, 4.69) is 4.72 Å². The van der Waals surface area contributed by atoms with Gasteiger partial charge in [0.2, 0.25) is 0 Å². The van der Waals surface area contributed by atoms with Crippen molar-refractivity contribution in [2.45, 2.75) is 18.7 Å². The minimum Gasteiger partial charge on any atom is -0.508 e. The van der Waals surface area contributed by atoms with Crippen molar-refractivity contribution < 1.29 is 13.5 Å². The van der Waals surface area contributed by atoms with Gasteiger partial charge in [-0.3, -0.25) is 4.72 Å². The molecular formula is C14H15ClN2O3S. The number of phenols is 1. The summed E-state index contributed by atoms with van der Waals surface area (Å²) >= 11 is 5.98. The summed E-state index contributed by atoms with van der Waals surface area (Å²) < 4.78 is 27.1. The van der Waals surface area contributed by atoms with Crippen molar-refractivity contribution in [2.24, 2.45) is 0 Å². The second kappa shape index (κ2) is 5.46. The fourth-order valence-corrected chi connectivity index (χ4v) is 3.43. The third kappa shape index (κ3) is 3.22. The Balaban J connectivity index is 2.43. The van der Waals surface area contributed by atoms with Gasteiger partial charge in [0, 0.05) is 11.8 Å². The van der Waals surface area contributed by atoms with Gasteiger partial charge in [-0.2, -0.15) is 0 Å². The van der Waals surface area contributed by atoms with Crippen molar-refractivity contribution in [3.05, 3.63) is 46.5 Å². The lowest BCUT2D eigenvalue weighted by atomic mass is 10.2. The lowest BCUT2D eigenvalue weighted by Gasteiger charge is -2.12. The SMILES string of the molecule is Cc1cc(Cl)c(S(=O)(=O)Nc2ccc(C)c(O)c2)cc1N. The Kier molecular flexibility index (Phi) is 4.02. The van der Waals surface area contributed by atoms with Crippen LogP contribution in [0, 0.1) is 13.8 Å². The molecule has 0 aliphatic rings. The van der Waals surface area contributed by atoms with E-state index in [0.717, 1.165) is 0 Å². The van der Waals surface area contributed by atoms with Gasteiger partial charge in [-0.15, -0.1) is 0 Å². The molecule has 7 heteroatoms. The maximum atomic E-state index is 12.3. The number of benzene rings is 2. The van der Waals surface area contributed by atoms with Gasteiger partial charge in [0.15, 0.2) is 0 Å². The number of hydrogen-bond donors (Lipinski definition) is 3. The van der Waals surface area contributed by atoms with Crippen molar-refractivity contribution in [3.63, 3.8) is 0 Å². The Bertz CT molecular complexity index is 804. The standard InChI is InChI=1S/C14H15ClN2O3S/c1-8-3-4-10(6-13(8)18)17-21(19,20)14-7-12(16)9(2)5-11(14)15/h3-7,17-18H,16H2,1-2H3. The van der Waals surface area contributed by atoms with Gasteiger partial charge in [-0.25, -0.2) is 8.42 Å². The fraction of sp³-hybridized carbons (Fsp3) is 0.143. The van der Waals surface area contributed by atoms with E-state index in [9.17, 15) is 13.5 Å². The fourth-order valence-electron chi connectivity index (χ4n) is 1.76. The first-order valence-electron chi connectivity index (χ1n) is 6.09. The molecule has 0 aliphatic carbocycles. The predicted molar refractivity (Wildman–Crippen MR) is 84.3 cm³/mol. The Morgan fingerprint density at radius 3 is 2.43 bits per heavy atom. The molecule has 2 aromatic rings. The van der Waals surface area contributed by atoms with E-state index in [1.165, 1.54) is 18.2 Å². The second-order valence-electron chi connectivity index (χ2n) is 4.75. The van der Waals surface area contributed by atoms with Crippen molar-refractivity contribution in [1.82, 2.24) is 0 Å². The van der Waals surface area contributed by atoms with Gasteiger partial charge in [0.1, 0.15) is 10.6 Å². The lowest BCUT2D eigenvalue weighted by molar-refractivity contribution is 0.471. The topological polar surface area (TPSA) is 92.4 Å². The molecule has 0 heterocycles. The summed E-state index contributed by atoms with van der Waals surface area (Å²) in [6.07, 6.45) is 0. The van der Waals surface area contributed by atoms with E-state index in [4.69, 9.17) is 17.3 Å². The van der Waals surface area contributed by atoms with E-state index in [1.54, 1.807) is 26.0 Å². The van der Waals surface area contributed by atoms with Gasteiger partial charge >= 0.3 is 0 Å². The molecule has 0 radical (unpaired) electrons. The summed E-state index contributed by atoms with van der Waals surface area (Å²) in [5.41, 5.74) is 7.67. The Morgan fingerprint density at radius 2 is 1.81 bits per heavy atom. The van der Waals surface area contributed by atoms with Gasteiger partial charge < -0.3 is 10.8 Å². The molecule has 5 nitrogen and oxygen atoms in total. The molecule has 0 fully saturated rings. The third-order valence-electron chi connectivity index (χ3n) is 3.07. The molecule has 0 bridgehead atoms. The molecule has 0 aliphatic heterocycles. The highest BCUT2D eigenvalue weighted by Crippen LogP contribution is 2.29. The summed E-state index contributed by atoms with van der Waals surface area (Å²) in [6, 6.07) is 7.31. The van der Waals surface area contributed by atoms with Crippen LogP contribution in [-0.4, -0.2) is 13.5 Å². The van der Waals surface area contributed by atoms with Crippen molar-refractivity contribution >= 4 is 33.0 Å². The van der Waals surface area contributed by atoms with Crippen LogP contribution in [0.5, 0.6) is 5.75 Å². The van der Waals surface area contributed by atoms with E-state index < -0.39 is 10.0 Å². The minimum atomic E-state index is -3.89.